The number of aliphatic hydroxyl groups is 2. The van der Waals surface area contributed by atoms with Gasteiger partial charge >= 0.3 is 0 Å². The number of alkyl halides is 1. The van der Waals surface area contributed by atoms with E-state index in [0.717, 1.165) is 0 Å². The van der Waals surface area contributed by atoms with Crippen LogP contribution in [-0.4, -0.2) is 52.3 Å². The molecule has 0 radical (unpaired) electrons. The van der Waals surface area contributed by atoms with Crippen molar-refractivity contribution >= 4 is 11.6 Å². The van der Waals surface area contributed by atoms with Gasteiger partial charge in [0.2, 0.25) is 0 Å². The first-order valence-corrected chi connectivity index (χ1v) is 4.26. The highest BCUT2D eigenvalue weighted by Gasteiger charge is 2.36. The summed E-state index contributed by atoms with van der Waals surface area (Å²) in [6.45, 7) is 3.64. The van der Waals surface area contributed by atoms with Crippen LogP contribution in [0.15, 0.2) is 0 Å². The molecular weight excluding hydrogens is 166 g/mol. The lowest BCUT2D eigenvalue weighted by Gasteiger charge is -2.44. The molecule has 2 N–H and O–H groups in total. The van der Waals surface area contributed by atoms with Gasteiger partial charge < -0.3 is 10.2 Å². The number of hydrogen-bond acceptors (Lipinski definition) is 3. The van der Waals surface area contributed by atoms with Crippen molar-refractivity contribution in [1.29, 1.82) is 0 Å². The zero-order valence-corrected chi connectivity index (χ0v) is 7.38. The lowest BCUT2D eigenvalue weighted by Crippen LogP contribution is -2.61. The van der Waals surface area contributed by atoms with Crippen LogP contribution in [0.4, 0.5) is 0 Å². The molecule has 1 aliphatic heterocycles. The van der Waals surface area contributed by atoms with Crippen molar-refractivity contribution in [3.05, 3.63) is 0 Å². The van der Waals surface area contributed by atoms with E-state index in [0.29, 0.717) is 19.6 Å². The summed E-state index contributed by atoms with van der Waals surface area (Å²) in [6.07, 6.45) is -0.465. The molecule has 1 saturated heterocycles. The van der Waals surface area contributed by atoms with E-state index in [1.54, 1.807) is 6.92 Å². The summed E-state index contributed by atoms with van der Waals surface area (Å²) in [6, 6.07) is 0. The smallest absolute Gasteiger partial charge is 0.0872 e. The van der Waals surface area contributed by atoms with E-state index < -0.39 is 11.7 Å². The van der Waals surface area contributed by atoms with E-state index in [2.05, 4.69) is 0 Å². The predicted octanol–water partition coefficient (Wildman–Crippen LogP) is -0.347. The molecule has 1 rings (SSSR count). The third kappa shape index (κ3) is 2.60. The summed E-state index contributed by atoms with van der Waals surface area (Å²) >= 11 is 5.41. The Morgan fingerprint density at radius 1 is 1.64 bits per heavy atom. The van der Waals surface area contributed by atoms with Gasteiger partial charge in [0.25, 0.3) is 0 Å². The van der Waals surface area contributed by atoms with E-state index in [4.69, 9.17) is 16.7 Å². The molecule has 11 heavy (non-hydrogen) atoms. The molecule has 0 spiro atoms. The third-order valence-electron chi connectivity index (χ3n) is 1.78. The van der Waals surface area contributed by atoms with Crippen LogP contribution < -0.4 is 0 Å². The molecular formula is C7H14ClNO2. The Morgan fingerprint density at radius 2 is 2.18 bits per heavy atom. The van der Waals surface area contributed by atoms with E-state index in [1.165, 1.54) is 0 Å². The molecule has 1 aliphatic rings. The summed E-state index contributed by atoms with van der Waals surface area (Å²) in [7, 11) is 0. The van der Waals surface area contributed by atoms with Crippen molar-refractivity contribution in [2.45, 2.75) is 18.6 Å². The van der Waals surface area contributed by atoms with Gasteiger partial charge in [-0.15, -0.1) is 11.6 Å². The number of β-amino-alcohol motifs (C(OH)–C–C–N with tert-alkyl or cyclic N) is 2. The summed E-state index contributed by atoms with van der Waals surface area (Å²) in [5.41, 5.74) is -0.550. The molecule has 0 aliphatic carbocycles. The Kier molecular flexibility index (Phi) is 2.75. The van der Waals surface area contributed by atoms with Crippen LogP contribution in [0.25, 0.3) is 0 Å². The van der Waals surface area contributed by atoms with Gasteiger partial charge in [-0.3, -0.25) is 4.90 Å². The summed E-state index contributed by atoms with van der Waals surface area (Å²) < 4.78 is 0. The van der Waals surface area contributed by atoms with Crippen LogP contribution >= 0.6 is 11.6 Å². The Labute approximate surface area is 71.6 Å². The maximum Gasteiger partial charge on any atom is 0.0872 e. The lowest BCUT2D eigenvalue weighted by molar-refractivity contribution is -0.0933. The van der Waals surface area contributed by atoms with Crippen molar-refractivity contribution < 1.29 is 10.2 Å². The molecule has 1 atom stereocenters. The normalized spacial score (nSPS) is 26.2. The molecule has 0 aromatic heterocycles. The van der Waals surface area contributed by atoms with Crippen LogP contribution in [0.3, 0.4) is 0 Å². The van der Waals surface area contributed by atoms with E-state index >= 15 is 0 Å². The van der Waals surface area contributed by atoms with Crippen LogP contribution in [0, 0.1) is 0 Å². The summed E-state index contributed by atoms with van der Waals surface area (Å²) in [5, 5.41) is 18.4. The Morgan fingerprint density at radius 3 is 2.55 bits per heavy atom. The Balaban J connectivity index is 2.13. The highest BCUT2D eigenvalue weighted by atomic mass is 35.5. The topological polar surface area (TPSA) is 43.7 Å². The fourth-order valence-corrected chi connectivity index (χ4v) is 1.49. The van der Waals surface area contributed by atoms with Crippen molar-refractivity contribution in [1.82, 2.24) is 4.90 Å². The highest BCUT2D eigenvalue weighted by Crippen LogP contribution is 2.19. The minimum absolute atomic E-state index is 0.263. The first-order chi connectivity index (χ1) is 5.03. The molecule has 1 unspecified atom stereocenters. The second-order valence-electron chi connectivity index (χ2n) is 3.47. The van der Waals surface area contributed by atoms with Gasteiger partial charge in [0, 0.05) is 25.5 Å². The zero-order valence-electron chi connectivity index (χ0n) is 6.63. The van der Waals surface area contributed by atoms with Crippen molar-refractivity contribution in [3.63, 3.8) is 0 Å². The average molecular weight is 180 g/mol. The SMILES string of the molecule is CC1(O)CN(CC(O)CCl)C1. The fourth-order valence-electron chi connectivity index (χ4n) is 1.39. The molecule has 0 aromatic rings. The van der Waals surface area contributed by atoms with Gasteiger partial charge in [-0.05, 0) is 6.92 Å². The van der Waals surface area contributed by atoms with Crippen molar-refractivity contribution in [2.24, 2.45) is 0 Å². The third-order valence-corrected chi connectivity index (χ3v) is 2.13. The number of nitrogens with zero attached hydrogens (tertiary/aromatic N) is 1. The quantitative estimate of drug-likeness (QED) is 0.583. The number of aliphatic hydroxyl groups excluding tert-OH is 1. The molecule has 0 saturated carbocycles. The van der Waals surface area contributed by atoms with Gasteiger partial charge in [0.05, 0.1) is 11.7 Å². The minimum atomic E-state index is -0.550. The minimum Gasteiger partial charge on any atom is -0.391 e. The second kappa shape index (κ2) is 3.27. The predicted molar refractivity (Wildman–Crippen MR) is 43.8 cm³/mol. The van der Waals surface area contributed by atoms with Gasteiger partial charge in [0.15, 0.2) is 0 Å². The van der Waals surface area contributed by atoms with Gasteiger partial charge in [0.1, 0.15) is 0 Å². The molecule has 66 valence electrons. The molecule has 0 aromatic carbocycles. The molecule has 0 bridgehead atoms. The van der Waals surface area contributed by atoms with Crippen molar-refractivity contribution in [2.75, 3.05) is 25.5 Å². The number of halogens is 1. The second-order valence-corrected chi connectivity index (χ2v) is 3.78. The van der Waals surface area contributed by atoms with Gasteiger partial charge in [-0.25, -0.2) is 0 Å². The fraction of sp³-hybridized carbons (Fsp3) is 1.00. The maximum atomic E-state index is 9.31. The lowest BCUT2D eigenvalue weighted by atomic mass is 9.97. The Bertz CT molecular complexity index is 132. The average Bonchev–Trinajstić information content (AvgIpc) is 1.83. The monoisotopic (exact) mass is 179 g/mol. The van der Waals surface area contributed by atoms with Gasteiger partial charge in [-0.2, -0.15) is 0 Å². The summed E-state index contributed by atoms with van der Waals surface area (Å²) in [5.74, 6) is 0.263. The zero-order chi connectivity index (χ0) is 8.48. The first-order valence-electron chi connectivity index (χ1n) is 3.72. The largest absolute Gasteiger partial charge is 0.391 e. The molecule has 3 nitrogen and oxygen atoms in total. The van der Waals surface area contributed by atoms with Crippen LogP contribution in [0.2, 0.25) is 0 Å². The standard InChI is InChI=1S/C7H14ClNO2/c1-7(11)4-9(5-7)3-6(10)2-8/h6,10-11H,2-5H2,1H3. The van der Waals surface area contributed by atoms with E-state index in [9.17, 15) is 5.11 Å². The highest BCUT2D eigenvalue weighted by molar-refractivity contribution is 6.18. The van der Waals surface area contributed by atoms with Crippen molar-refractivity contribution in [3.8, 4) is 0 Å². The van der Waals surface area contributed by atoms with Crippen LogP contribution in [0.1, 0.15) is 6.92 Å². The molecule has 1 fully saturated rings. The number of likely N-dealkylation sites (tertiary alicyclic amines) is 1. The van der Waals surface area contributed by atoms with Crippen LogP contribution in [-0.2, 0) is 0 Å². The Hall–Kier alpha value is 0.170. The number of hydrogen-bond donors (Lipinski definition) is 2. The van der Waals surface area contributed by atoms with Gasteiger partial charge in [-0.1, -0.05) is 0 Å². The molecule has 4 heteroatoms. The maximum absolute atomic E-state index is 9.31. The molecule has 1 heterocycles. The first kappa shape index (κ1) is 9.26. The summed E-state index contributed by atoms with van der Waals surface area (Å²) in [4.78, 5) is 1.98. The molecule has 0 amide bonds. The number of rotatable bonds is 3. The van der Waals surface area contributed by atoms with Crippen LogP contribution in [0.5, 0.6) is 0 Å². The van der Waals surface area contributed by atoms with E-state index in [-0.39, 0.29) is 5.88 Å². The van der Waals surface area contributed by atoms with E-state index in [1.807, 2.05) is 4.90 Å².